The Morgan fingerprint density at radius 2 is 1.92 bits per heavy atom. The third-order valence-electron chi connectivity index (χ3n) is 4.30. The Morgan fingerprint density at radius 1 is 1.16 bits per heavy atom. The van der Waals surface area contributed by atoms with Gasteiger partial charge in [0.1, 0.15) is 6.33 Å². The highest BCUT2D eigenvalue weighted by molar-refractivity contribution is 7.13. The third kappa shape index (κ3) is 2.95. The lowest BCUT2D eigenvalue weighted by Crippen LogP contribution is -2.45. The van der Waals surface area contributed by atoms with E-state index in [0.717, 1.165) is 49.0 Å². The summed E-state index contributed by atoms with van der Waals surface area (Å²) in [5.74, 6) is 0.710. The van der Waals surface area contributed by atoms with Gasteiger partial charge in [0.05, 0.1) is 22.3 Å². The van der Waals surface area contributed by atoms with Crippen molar-refractivity contribution in [2.24, 2.45) is 0 Å². The fourth-order valence-electron chi connectivity index (χ4n) is 2.85. The summed E-state index contributed by atoms with van der Waals surface area (Å²) in [7, 11) is 2.07. The molecule has 0 aromatic carbocycles. The molecule has 1 fully saturated rings. The standard InChI is InChI=1S/C15H15F3N6S/c1-22-2-4-23(5-3-22)13-14-21-20-9-24(14)11(7-19-13)12-6-10(8-25-12)15(16,17)18/h6-9H,2-5H2,1H3. The zero-order chi connectivity index (χ0) is 17.6. The van der Waals surface area contributed by atoms with Gasteiger partial charge >= 0.3 is 6.18 Å². The molecule has 1 aliphatic rings. The average Bonchev–Trinajstić information content (AvgIpc) is 3.24. The second-order valence-corrected chi connectivity index (χ2v) is 6.89. The molecule has 6 nitrogen and oxygen atoms in total. The fourth-order valence-corrected chi connectivity index (χ4v) is 3.77. The average molecular weight is 368 g/mol. The second kappa shape index (κ2) is 5.95. The molecule has 3 aromatic heterocycles. The SMILES string of the molecule is CN1CCN(c2ncc(-c3cc(C(F)(F)F)cs3)n3cnnc23)CC1. The highest BCUT2D eigenvalue weighted by Gasteiger charge is 2.32. The van der Waals surface area contributed by atoms with E-state index in [0.29, 0.717) is 22.0 Å². The molecule has 3 aromatic rings. The van der Waals surface area contributed by atoms with Crippen LogP contribution in [0.15, 0.2) is 24.0 Å². The molecule has 4 heterocycles. The molecule has 0 aliphatic carbocycles. The van der Waals surface area contributed by atoms with E-state index in [-0.39, 0.29) is 0 Å². The highest BCUT2D eigenvalue weighted by atomic mass is 32.1. The number of aromatic nitrogens is 4. The molecule has 0 saturated carbocycles. The molecule has 0 amide bonds. The summed E-state index contributed by atoms with van der Waals surface area (Å²) in [6.07, 6.45) is -1.25. The van der Waals surface area contributed by atoms with Crippen molar-refractivity contribution >= 4 is 22.8 Å². The van der Waals surface area contributed by atoms with Crippen LogP contribution in [-0.2, 0) is 6.18 Å². The Bertz CT molecular complexity index is 894. The van der Waals surface area contributed by atoms with Crippen molar-refractivity contribution in [2.75, 3.05) is 38.1 Å². The van der Waals surface area contributed by atoms with Gasteiger partial charge in [0.25, 0.3) is 0 Å². The largest absolute Gasteiger partial charge is 0.417 e. The number of anilines is 1. The molecule has 132 valence electrons. The number of alkyl halides is 3. The summed E-state index contributed by atoms with van der Waals surface area (Å²) in [5, 5.41) is 9.17. The van der Waals surface area contributed by atoms with Crippen molar-refractivity contribution in [3.05, 3.63) is 29.5 Å². The zero-order valence-electron chi connectivity index (χ0n) is 13.4. The lowest BCUT2D eigenvalue weighted by molar-refractivity contribution is -0.137. The third-order valence-corrected chi connectivity index (χ3v) is 5.25. The molecule has 10 heteroatoms. The van der Waals surface area contributed by atoms with Crippen LogP contribution in [0.3, 0.4) is 0 Å². The normalized spacial score (nSPS) is 16.7. The Labute approximate surface area is 145 Å². The van der Waals surface area contributed by atoms with Gasteiger partial charge in [0, 0.05) is 31.6 Å². The molecule has 1 aliphatic heterocycles. The van der Waals surface area contributed by atoms with E-state index >= 15 is 0 Å². The van der Waals surface area contributed by atoms with Crippen LogP contribution in [0.1, 0.15) is 5.56 Å². The van der Waals surface area contributed by atoms with Gasteiger partial charge in [-0.2, -0.15) is 13.2 Å². The van der Waals surface area contributed by atoms with Crippen molar-refractivity contribution < 1.29 is 13.2 Å². The van der Waals surface area contributed by atoms with Gasteiger partial charge in [-0.05, 0) is 13.1 Å². The van der Waals surface area contributed by atoms with Crippen LogP contribution < -0.4 is 4.90 Å². The predicted octanol–water partition coefficient (Wildman–Crippen LogP) is 2.62. The molecule has 0 atom stereocenters. The zero-order valence-corrected chi connectivity index (χ0v) is 14.2. The first kappa shape index (κ1) is 16.3. The Kier molecular flexibility index (Phi) is 3.88. The number of hydrogen-bond acceptors (Lipinski definition) is 6. The maximum atomic E-state index is 12.9. The van der Waals surface area contributed by atoms with Crippen molar-refractivity contribution in [1.82, 2.24) is 24.5 Å². The first-order chi connectivity index (χ1) is 11.9. The Balaban J connectivity index is 1.74. The Morgan fingerprint density at radius 3 is 2.60 bits per heavy atom. The van der Waals surface area contributed by atoms with E-state index in [9.17, 15) is 13.2 Å². The molecular weight excluding hydrogens is 353 g/mol. The van der Waals surface area contributed by atoms with E-state index in [1.807, 2.05) is 0 Å². The number of thiophene rings is 1. The summed E-state index contributed by atoms with van der Waals surface area (Å²) in [5.41, 5.74) is 0.458. The van der Waals surface area contributed by atoms with Crippen LogP contribution in [0.5, 0.6) is 0 Å². The van der Waals surface area contributed by atoms with E-state index in [1.165, 1.54) is 6.33 Å². The second-order valence-electron chi connectivity index (χ2n) is 5.98. The van der Waals surface area contributed by atoms with Crippen molar-refractivity contribution in [3.63, 3.8) is 0 Å². The molecule has 1 saturated heterocycles. The van der Waals surface area contributed by atoms with Crippen LogP contribution in [0.4, 0.5) is 19.0 Å². The molecule has 0 N–H and O–H groups in total. The number of hydrogen-bond donors (Lipinski definition) is 0. The summed E-state index contributed by atoms with van der Waals surface area (Å²) < 4.78 is 40.3. The predicted molar refractivity (Wildman–Crippen MR) is 88.8 cm³/mol. The number of nitrogens with zero attached hydrogens (tertiary/aromatic N) is 6. The van der Waals surface area contributed by atoms with Gasteiger partial charge in [-0.3, -0.25) is 4.40 Å². The summed E-state index contributed by atoms with van der Waals surface area (Å²) in [6.45, 7) is 3.48. The maximum absolute atomic E-state index is 12.9. The first-order valence-corrected chi connectivity index (χ1v) is 8.60. The number of likely N-dealkylation sites (N-methyl/N-ethyl adjacent to an activating group) is 1. The topological polar surface area (TPSA) is 49.6 Å². The smallest absolute Gasteiger partial charge is 0.351 e. The quantitative estimate of drug-likeness (QED) is 0.696. The van der Waals surface area contributed by atoms with E-state index in [1.54, 1.807) is 10.6 Å². The molecule has 25 heavy (non-hydrogen) atoms. The van der Waals surface area contributed by atoms with Crippen molar-refractivity contribution in [1.29, 1.82) is 0 Å². The van der Waals surface area contributed by atoms with Crippen LogP contribution in [0, 0.1) is 0 Å². The monoisotopic (exact) mass is 368 g/mol. The number of halogens is 3. The van der Waals surface area contributed by atoms with Gasteiger partial charge in [-0.1, -0.05) is 0 Å². The van der Waals surface area contributed by atoms with Gasteiger partial charge in [0.15, 0.2) is 5.82 Å². The molecule has 0 bridgehead atoms. The van der Waals surface area contributed by atoms with E-state index in [4.69, 9.17) is 0 Å². The molecule has 0 spiro atoms. The van der Waals surface area contributed by atoms with Crippen LogP contribution >= 0.6 is 11.3 Å². The summed E-state index contributed by atoms with van der Waals surface area (Å²) >= 11 is 1.03. The number of fused-ring (bicyclic) bond motifs is 1. The van der Waals surface area contributed by atoms with Crippen molar-refractivity contribution in [3.8, 4) is 10.6 Å². The summed E-state index contributed by atoms with van der Waals surface area (Å²) in [4.78, 5) is 9.33. The minimum absolute atomic E-state index is 0.481. The van der Waals surface area contributed by atoms with Crippen LogP contribution in [-0.4, -0.2) is 57.7 Å². The molecule has 0 unspecified atom stereocenters. The minimum Gasteiger partial charge on any atom is -0.351 e. The summed E-state index contributed by atoms with van der Waals surface area (Å²) in [6, 6.07) is 1.14. The first-order valence-electron chi connectivity index (χ1n) is 7.72. The molecular formula is C15H15F3N6S. The maximum Gasteiger partial charge on any atom is 0.417 e. The number of rotatable bonds is 2. The van der Waals surface area contributed by atoms with Gasteiger partial charge < -0.3 is 9.80 Å². The molecule has 0 radical (unpaired) electrons. The number of piperazine rings is 1. The van der Waals surface area contributed by atoms with E-state index in [2.05, 4.69) is 32.0 Å². The van der Waals surface area contributed by atoms with Crippen LogP contribution in [0.2, 0.25) is 0 Å². The molecule has 4 rings (SSSR count). The lowest BCUT2D eigenvalue weighted by Gasteiger charge is -2.33. The van der Waals surface area contributed by atoms with Gasteiger partial charge in [0.2, 0.25) is 5.65 Å². The fraction of sp³-hybridized carbons (Fsp3) is 0.400. The minimum atomic E-state index is -4.35. The van der Waals surface area contributed by atoms with Gasteiger partial charge in [-0.25, -0.2) is 4.98 Å². The van der Waals surface area contributed by atoms with E-state index < -0.39 is 11.7 Å². The van der Waals surface area contributed by atoms with Crippen LogP contribution in [0.25, 0.3) is 16.2 Å². The van der Waals surface area contributed by atoms with Crippen molar-refractivity contribution in [2.45, 2.75) is 6.18 Å². The highest BCUT2D eigenvalue weighted by Crippen LogP contribution is 2.37. The lowest BCUT2D eigenvalue weighted by atomic mass is 10.2. The Hall–Kier alpha value is -2.20. The van der Waals surface area contributed by atoms with Gasteiger partial charge in [-0.15, -0.1) is 21.5 Å².